The van der Waals surface area contributed by atoms with E-state index < -0.39 is 17.7 Å². The molecule has 1 aromatic heterocycles. The van der Waals surface area contributed by atoms with Gasteiger partial charge < -0.3 is 10.1 Å². The van der Waals surface area contributed by atoms with Crippen LogP contribution in [0.5, 0.6) is 0 Å². The van der Waals surface area contributed by atoms with E-state index in [-0.39, 0.29) is 46.8 Å². The Labute approximate surface area is 188 Å². The number of nitrogens with one attached hydrogen (secondary N) is 2. The number of carbonyl (C=O) groups excluding carboxylic acids is 2. The van der Waals surface area contributed by atoms with Crippen LogP contribution in [0.15, 0.2) is 18.2 Å². The van der Waals surface area contributed by atoms with Crippen molar-refractivity contribution < 1.29 is 23.1 Å². The van der Waals surface area contributed by atoms with Crippen molar-refractivity contribution in [1.29, 1.82) is 0 Å². The lowest BCUT2D eigenvalue weighted by atomic mass is 9.54. The Morgan fingerprint density at radius 1 is 1.25 bits per heavy atom. The number of halogens is 2. The van der Waals surface area contributed by atoms with Crippen LogP contribution in [0.2, 0.25) is 0 Å². The summed E-state index contributed by atoms with van der Waals surface area (Å²) in [6.07, 6.45) is 2.72. The number of aromatic nitrogens is 1. The molecule has 2 amide bonds. The van der Waals surface area contributed by atoms with Crippen molar-refractivity contribution in [3.05, 3.63) is 40.4 Å². The SMILES string of the molecule is C[C@@H]1C(=O)O[C@@H]2[C@H]1CC[C@]1(C)Cc3sc(NC(=O)Nc4ccc(F)cc4F)nc3[C@H](C)[C@H]21. The zero-order valence-corrected chi connectivity index (χ0v) is 18.9. The van der Waals surface area contributed by atoms with Gasteiger partial charge in [-0.15, -0.1) is 11.3 Å². The summed E-state index contributed by atoms with van der Waals surface area (Å²) in [5.74, 6) is -1.22. The van der Waals surface area contributed by atoms with E-state index in [1.54, 1.807) is 0 Å². The minimum atomic E-state index is -0.848. The first-order chi connectivity index (χ1) is 15.2. The van der Waals surface area contributed by atoms with Crippen molar-refractivity contribution >= 4 is 34.2 Å². The van der Waals surface area contributed by atoms with Crippen LogP contribution < -0.4 is 10.6 Å². The summed E-state index contributed by atoms with van der Waals surface area (Å²) in [6.45, 7) is 6.35. The van der Waals surface area contributed by atoms with Crippen LogP contribution >= 0.6 is 11.3 Å². The van der Waals surface area contributed by atoms with Crippen molar-refractivity contribution in [2.75, 3.05) is 10.6 Å². The number of fused-ring (bicyclic) bond motifs is 4. The van der Waals surface area contributed by atoms with Crippen molar-refractivity contribution in [2.24, 2.45) is 23.2 Å². The number of anilines is 2. The van der Waals surface area contributed by atoms with Gasteiger partial charge in [0, 0.05) is 28.7 Å². The summed E-state index contributed by atoms with van der Waals surface area (Å²) in [7, 11) is 0. The number of benzene rings is 1. The first-order valence-electron chi connectivity index (χ1n) is 10.9. The van der Waals surface area contributed by atoms with Gasteiger partial charge in [0.1, 0.15) is 17.7 Å². The molecule has 0 spiro atoms. The molecule has 5 rings (SSSR count). The highest BCUT2D eigenvalue weighted by Gasteiger charge is 2.58. The van der Waals surface area contributed by atoms with E-state index in [0.29, 0.717) is 11.2 Å². The maximum Gasteiger partial charge on any atom is 0.325 e. The summed E-state index contributed by atoms with van der Waals surface area (Å²) in [5, 5.41) is 5.50. The second-order valence-corrected chi connectivity index (χ2v) is 10.7. The third-order valence-corrected chi connectivity index (χ3v) is 8.54. The lowest BCUT2D eigenvalue weighted by molar-refractivity contribution is -0.149. The molecule has 0 bridgehead atoms. The molecule has 1 aliphatic heterocycles. The number of hydrogen-bond donors (Lipinski definition) is 2. The third kappa shape index (κ3) is 3.37. The zero-order chi connectivity index (χ0) is 22.8. The first-order valence-corrected chi connectivity index (χ1v) is 11.7. The molecule has 2 aliphatic carbocycles. The van der Waals surface area contributed by atoms with E-state index in [1.165, 1.54) is 17.4 Å². The Hall–Kier alpha value is -2.55. The van der Waals surface area contributed by atoms with Gasteiger partial charge in [0.05, 0.1) is 17.3 Å². The van der Waals surface area contributed by atoms with Crippen molar-refractivity contribution in [3.8, 4) is 0 Å². The summed E-state index contributed by atoms with van der Waals surface area (Å²) in [4.78, 5) is 30.4. The van der Waals surface area contributed by atoms with E-state index in [4.69, 9.17) is 4.74 Å². The molecule has 1 saturated heterocycles. The van der Waals surface area contributed by atoms with E-state index in [1.807, 2.05) is 6.92 Å². The average Bonchev–Trinajstić information content (AvgIpc) is 3.23. The Morgan fingerprint density at radius 2 is 2.03 bits per heavy atom. The Balaban J connectivity index is 1.36. The van der Waals surface area contributed by atoms with Gasteiger partial charge in [0.15, 0.2) is 5.13 Å². The molecule has 32 heavy (non-hydrogen) atoms. The topological polar surface area (TPSA) is 80.3 Å². The van der Waals surface area contributed by atoms with Gasteiger partial charge in [-0.05, 0) is 36.8 Å². The molecule has 0 radical (unpaired) electrons. The molecule has 2 aromatic rings. The summed E-state index contributed by atoms with van der Waals surface area (Å²) >= 11 is 1.42. The first kappa shape index (κ1) is 21.3. The Kier molecular flexibility index (Phi) is 5.00. The number of carbonyl (C=O) groups is 2. The quantitative estimate of drug-likeness (QED) is 0.594. The minimum Gasteiger partial charge on any atom is -0.461 e. The number of urea groups is 1. The monoisotopic (exact) mass is 461 g/mol. The number of esters is 1. The second-order valence-electron chi connectivity index (χ2n) is 9.57. The lowest BCUT2D eigenvalue weighted by Gasteiger charge is -2.51. The second kappa shape index (κ2) is 7.50. The molecule has 1 aromatic carbocycles. The number of thiazole rings is 1. The van der Waals surface area contributed by atoms with Crippen LogP contribution in [0.25, 0.3) is 0 Å². The van der Waals surface area contributed by atoms with Crippen LogP contribution in [0.1, 0.15) is 50.1 Å². The van der Waals surface area contributed by atoms with Crippen molar-refractivity contribution in [3.63, 3.8) is 0 Å². The lowest BCUT2D eigenvalue weighted by Crippen LogP contribution is -2.50. The third-order valence-electron chi connectivity index (χ3n) is 7.56. The highest BCUT2D eigenvalue weighted by molar-refractivity contribution is 7.15. The maximum absolute atomic E-state index is 13.8. The van der Waals surface area contributed by atoms with Gasteiger partial charge in [0.25, 0.3) is 0 Å². The van der Waals surface area contributed by atoms with Crippen LogP contribution in [0.4, 0.5) is 24.4 Å². The number of hydrogen-bond acceptors (Lipinski definition) is 5. The van der Waals surface area contributed by atoms with E-state index in [9.17, 15) is 18.4 Å². The molecule has 1 saturated carbocycles. The van der Waals surface area contributed by atoms with Crippen LogP contribution in [0.3, 0.4) is 0 Å². The van der Waals surface area contributed by atoms with E-state index >= 15 is 0 Å². The van der Waals surface area contributed by atoms with Crippen molar-refractivity contribution in [1.82, 2.24) is 4.98 Å². The van der Waals surface area contributed by atoms with Crippen LogP contribution in [-0.2, 0) is 16.0 Å². The van der Waals surface area contributed by atoms with Gasteiger partial charge in [0.2, 0.25) is 0 Å². The van der Waals surface area contributed by atoms with Crippen molar-refractivity contribution in [2.45, 2.75) is 52.1 Å². The molecule has 6 atom stereocenters. The molecule has 2 N–H and O–H groups in total. The predicted molar refractivity (Wildman–Crippen MR) is 117 cm³/mol. The number of rotatable bonds is 2. The highest BCUT2D eigenvalue weighted by Crippen LogP contribution is 2.59. The molecule has 2 fully saturated rings. The molecule has 9 heteroatoms. The molecular weight excluding hydrogens is 436 g/mol. The minimum absolute atomic E-state index is 0.00122. The zero-order valence-electron chi connectivity index (χ0n) is 18.1. The van der Waals surface area contributed by atoms with Gasteiger partial charge >= 0.3 is 12.0 Å². The number of ether oxygens (including phenoxy) is 1. The molecule has 170 valence electrons. The average molecular weight is 462 g/mol. The number of amides is 2. The summed E-state index contributed by atoms with van der Waals surface area (Å²) in [5.41, 5.74) is 0.818. The molecule has 2 heterocycles. The van der Waals surface area contributed by atoms with Gasteiger partial charge in [-0.1, -0.05) is 20.8 Å². The standard InChI is InChI=1S/C23H25F2N3O3S/c1-10-13-6-7-23(3)9-16-18(11(2)17(23)19(13)31-20(10)29)27-22(32-16)28-21(30)26-15-5-4-12(24)8-14(15)25/h4-5,8,10-11,13,17,19H,6-7,9H2,1-3H3,(H2,26,27,28,30)/t10-,11+,13-,17+,19+,23+/m0/s1. The highest BCUT2D eigenvalue weighted by atomic mass is 32.1. The summed E-state index contributed by atoms with van der Waals surface area (Å²) in [6, 6.07) is 2.32. The van der Waals surface area contributed by atoms with Crippen LogP contribution in [-0.4, -0.2) is 23.1 Å². The maximum atomic E-state index is 13.8. The fourth-order valence-corrected chi connectivity index (χ4v) is 7.23. The Morgan fingerprint density at radius 3 is 2.78 bits per heavy atom. The van der Waals surface area contributed by atoms with Gasteiger partial charge in [-0.25, -0.2) is 18.6 Å². The fraction of sp³-hybridized carbons (Fsp3) is 0.522. The molecule has 6 nitrogen and oxygen atoms in total. The number of nitrogens with zero attached hydrogens (tertiary/aromatic N) is 1. The largest absolute Gasteiger partial charge is 0.461 e. The summed E-state index contributed by atoms with van der Waals surface area (Å²) < 4.78 is 32.8. The van der Waals surface area contributed by atoms with Crippen LogP contribution in [0, 0.1) is 34.8 Å². The molecular formula is C23H25F2N3O3S. The predicted octanol–water partition coefficient (Wildman–Crippen LogP) is 5.32. The normalized spacial score (nSPS) is 33.0. The van der Waals surface area contributed by atoms with Gasteiger partial charge in [-0.2, -0.15) is 0 Å². The van der Waals surface area contributed by atoms with Gasteiger partial charge in [-0.3, -0.25) is 10.1 Å². The smallest absolute Gasteiger partial charge is 0.325 e. The van der Waals surface area contributed by atoms with E-state index in [2.05, 4.69) is 29.5 Å². The molecule has 3 aliphatic rings. The molecule has 0 unspecified atom stereocenters. The van der Waals surface area contributed by atoms with E-state index in [0.717, 1.165) is 35.9 Å². The Bertz CT molecular complexity index is 1110. The fourth-order valence-electron chi connectivity index (χ4n) is 5.97.